The molecule has 0 heterocycles. The van der Waals surface area contributed by atoms with Crippen LogP contribution < -0.4 is 4.74 Å². The molecule has 82 valence electrons. The lowest BCUT2D eigenvalue weighted by molar-refractivity contribution is 0.373. The number of methoxy groups -OCH3 is 1. The Balaban J connectivity index is 2.41. The number of halogens is 1. The first-order chi connectivity index (χ1) is 7.70. The summed E-state index contributed by atoms with van der Waals surface area (Å²) in [5, 5.41) is 9.61. The molecule has 2 aromatic rings. The van der Waals surface area contributed by atoms with Crippen LogP contribution in [0, 0.1) is 5.82 Å². The number of aromatic hydroxyl groups is 1. The van der Waals surface area contributed by atoms with Gasteiger partial charge in [-0.15, -0.1) is 0 Å². The summed E-state index contributed by atoms with van der Waals surface area (Å²) in [5.74, 6) is 0.219. The first kappa shape index (κ1) is 10.5. The van der Waals surface area contributed by atoms with Crippen molar-refractivity contribution in [3.05, 3.63) is 48.3 Å². The predicted molar refractivity (Wildman–Crippen MR) is 60.1 cm³/mol. The first-order valence-electron chi connectivity index (χ1n) is 4.83. The fourth-order valence-corrected chi connectivity index (χ4v) is 1.51. The molecule has 2 aromatic carbocycles. The maximum absolute atomic E-state index is 12.7. The number of phenols is 1. The lowest BCUT2D eigenvalue weighted by atomic mass is 10.1. The number of phenolic OH excluding ortho intramolecular Hbond substituents is 1. The van der Waals surface area contributed by atoms with Crippen molar-refractivity contribution >= 4 is 0 Å². The third kappa shape index (κ3) is 1.98. The van der Waals surface area contributed by atoms with E-state index in [9.17, 15) is 9.50 Å². The van der Waals surface area contributed by atoms with Crippen LogP contribution in [0.1, 0.15) is 0 Å². The lowest BCUT2D eigenvalue weighted by Crippen LogP contribution is -1.84. The molecule has 0 unspecified atom stereocenters. The van der Waals surface area contributed by atoms with Crippen molar-refractivity contribution in [2.24, 2.45) is 0 Å². The fraction of sp³-hybridized carbons (Fsp3) is 0.0769. The molecule has 0 aliphatic heterocycles. The number of ether oxygens (including phenoxy) is 1. The van der Waals surface area contributed by atoms with E-state index in [1.807, 2.05) is 6.07 Å². The lowest BCUT2D eigenvalue weighted by Gasteiger charge is -2.06. The van der Waals surface area contributed by atoms with E-state index in [4.69, 9.17) is 4.74 Å². The molecule has 0 fully saturated rings. The van der Waals surface area contributed by atoms with Gasteiger partial charge >= 0.3 is 0 Å². The van der Waals surface area contributed by atoms with Crippen LogP contribution in [0.5, 0.6) is 11.5 Å². The van der Waals surface area contributed by atoms with Crippen LogP contribution in [0.4, 0.5) is 4.39 Å². The average Bonchev–Trinajstić information content (AvgIpc) is 2.30. The summed E-state index contributed by atoms with van der Waals surface area (Å²) >= 11 is 0. The van der Waals surface area contributed by atoms with E-state index in [0.29, 0.717) is 5.75 Å². The summed E-state index contributed by atoms with van der Waals surface area (Å²) in [6.45, 7) is 0. The third-order valence-corrected chi connectivity index (χ3v) is 2.36. The minimum atomic E-state index is -0.276. The molecule has 2 nitrogen and oxygen atoms in total. The van der Waals surface area contributed by atoms with Gasteiger partial charge in [-0.25, -0.2) is 4.39 Å². The summed E-state index contributed by atoms with van der Waals surface area (Å²) in [7, 11) is 1.49. The van der Waals surface area contributed by atoms with Crippen molar-refractivity contribution in [1.29, 1.82) is 0 Å². The molecule has 16 heavy (non-hydrogen) atoms. The van der Waals surface area contributed by atoms with Crippen molar-refractivity contribution in [3.8, 4) is 22.6 Å². The molecular formula is C13H11FO2. The molecule has 0 aliphatic carbocycles. The second-order valence-corrected chi connectivity index (χ2v) is 3.39. The van der Waals surface area contributed by atoms with Gasteiger partial charge in [0.05, 0.1) is 7.11 Å². The Kier molecular flexibility index (Phi) is 2.77. The zero-order valence-corrected chi connectivity index (χ0v) is 8.77. The zero-order valence-electron chi connectivity index (χ0n) is 8.77. The average molecular weight is 218 g/mol. The van der Waals surface area contributed by atoms with Gasteiger partial charge in [0.1, 0.15) is 5.82 Å². The quantitative estimate of drug-likeness (QED) is 0.838. The standard InChI is InChI=1S/C13H11FO2/c1-16-13-7-4-10(8-12(13)15)9-2-5-11(14)6-3-9/h2-8,15H,1H3. The Morgan fingerprint density at radius 3 is 2.19 bits per heavy atom. The number of hydrogen-bond donors (Lipinski definition) is 1. The van der Waals surface area contributed by atoms with Crippen LogP contribution >= 0.6 is 0 Å². The van der Waals surface area contributed by atoms with Crippen molar-refractivity contribution in [3.63, 3.8) is 0 Å². The largest absolute Gasteiger partial charge is 0.504 e. The maximum Gasteiger partial charge on any atom is 0.160 e. The van der Waals surface area contributed by atoms with Gasteiger partial charge in [0, 0.05) is 0 Å². The van der Waals surface area contributed by atoms with Crippen molar-refractivity contribution in [2.45, 2.75) is 0 Å². The Bertz CT molecular complexity index is 492. The number of hydrogen-bond acceptors (Lipinski definition) is 2. The van der Waals surface area contributed by atoms with E-state index >= 15 is 0 Å². The van der Waals surface area contributed by atoms with E-state index < -0.39 is 0 Å². The minimum absolute atomic E-state index is 0.0734. The third-order valence-electron chi connectivity index (χ3n) is 2.36. The summed E-state index contributed by atoms with van der Waals surface area (Å²) in [6, 6.07) is 11.2. The molecule has 0 bridgehead atoms. The van der Waals surface area contributed by atoms with E-state index in [1.54, 1.807) is 24.3 Å². The maximum atomic E-state index is 12.7. The summed E-state index contributed by atoms with van der Waals surface area (Å²) in [6.07, 6.45) is 0. The van der Waals surface area contributed by atoms with Gasteiger partial charge in [-0.1, -0.05) is 18.2 Å². The molecule has 0 spiro atoms. The molecule has 2 rings (SSSR count). The summed E-state index contributed by atoms with van der Waals surface area (Å²) in [4.78, 5) is 0. The Morgan fingerprint density at radius 1 is 1.00 bits per heavy atom. The Hall–Kier alpha value is -2.03. The van der Waals surface area contributed by atoms with E-state index in [2.05, 4.69) is 0 Å². The van der Waals surface area contributed by atoms with Gasteiger partial charge in [-0.3, -0.25) is 0 Å². The van der Waals surface area contributed by atoms with Gasteiger partial charge in [-0.2, -0.15) is 0 Å². The second-order valence-electron chi connectivity index (χ2n) is 3.39. The smallest absolute Gasteiger partial charge is 0.160 e. The van der Waals surface area contributed by atoms with Gasteiger partial charge in [0.15, 0.2) is 11.5 Å². The highest BCUT2D eigenvalue weighted by atomic mass is 19.1. The molecule has 0 saturated heterocycles. The fourth-order valence-electron chi connectivity index (χ4n) is 1.51. The van der Waals surface area contributed by atoms with Crippen LogP contribution in [-0.4, -0.2) is 12.2 Å². The Morgan fingerprint density at radius 2 is 1.62 bits per heavy atom. The Labute approximate surface area is 92.9 Å². The molecule has 0 aliphatic rings. The summed E-state index contributed by atoms with van der Waals surface area (Å²) in [5.41, 5.74) is 1.66. The van der Waals surface area contributed by atoms with E-state index in [-0.39, 0.29) is 11.6 Å². The van der Waals surface area contributed by atoms with Crippen molar-refractivity contribution in [2.75, 3.05) is 7.11 Å². The predicted octanol–water partition coefficient (Wildman–Crippen LogP) is 3.21. The molecule has 0 radical (unpaired) electrons. The SMILES string of the molecule is COc1ccc(-c2ccc(F)cc2)cc1O. The molecule has 0 saturated carbocycles. The summed E-state index contributed by atoms with van der Waals surface area (Å²) < 4.78 is 17.7. The highest BCUT2D eigenvalue weighted by Gasteiger charge is 2.04. The van der Waals surface area contributed by atoms with Crippen molar-refractivity contribution < 1.29 is 14.2 Å². The van der Waals surface area contributed by atoms with Crippen molar-refractivity contribution in [1.82, 2.24) is 0 Å². The zero-order chi connectivity index (χ0) is 11.5. The van der Waals surface area contributed by atoms with E-state index in [1.165, 1.54) is 19.2 Å². The van der Waals surface area contributed by atoms with E-state index in [0.717, 1.165) is 11.1 Å². The first-order valence-corrected chi connectivity index (χ1v) is 4.83. The molecule has 0 amide bonds. The van der Waals surface area contributed by atoms with Crippen LogP contribution in [0.3, 0.4) is 0 Å². The molecule has 1 N–H and O–H groups in total. The highest BCUT2D eigenvalue weighted by Crippen LogP contribution is 2.31. The molecule has 3 heteroatoms. The highest BCUT2D eigenvalue weighted by molar-refractivity contribution is 5.66. The normalized spacial score (nSPS) is 10.1. The van der Waals surface area contributed by atoms with Crippen LogP contribution in [0.15, 0.2) is 42.5 Å². The minimum Gasteiger partial charge on any atom is -0.504 e. The second kappa shape index (κ2) is 4.23. The van der Waals surface area contributed by atoms with Crippen LogP contribution in [0.25, 0.3) is 11.1 Å². The van der Waals surface area contributed by atoms with Crippen LogP contribution in [0.2, 0.25) is 0 Å². The van der Waals surface area contributed by atoms with Gasteiger partial charge in [-0.05, 0) is 35.4 Å². The number of rotatable bonds is 2. The number of benzene rings is 2. The van der Waals surface area contributed by atoms with Gasteiger partial charge in [0.25, 0.3) is 0 Å². The topological polar surface area (TPSA) is 29.5 Å². The molecular weight excluding hydrogens is 207 g/mol. The van der Waals surface area contributed by atoms with Gasteiger partial charge < -0.3 is 9.84 Å². The molecule has 0 atom stereocenters. The van der Waals surface area contributed by atoms with Gasteiger partial charge in [0.2, 0.25) is 0 Å². The molecule has 0 aromatic heterocycles. The monoisotopic (exact) mass is 218 g/mol. The van der Waals surface area contributed by atoms with Crippen LogP contribution in [-0.2, 0) is 0 Å².